The molecule has 0 unspecified atom stereocenters. The Hall–Kier alpha value is -0.100. The molecule has 0 aromatic carbocycles. The molecule has 4 nitrogen and oxygen atoms in total. The standard InChI is InChI=1S/C11H19NO3S/c1-2-3-8-12-9-7(16-8)4-6(5-13)10(14)11(9)15/h6-7,9-11,13-15H,2-5H2,1H3/t6-,7+,9+,10-,11-/m1/s1. The quantitative estimate of drug-likeness (QED) is 0.673. The molecular weight excluding hydrogens is 226 g/mol. The van der Waals surface area contributed by atoms with Gasteiger partial charge in [0.25, 0.3) is 0 Å². The second-order valence-electron chi connectivity index (χ2n) is 4.58. The summed E-state index contributed by atoms with van der Waals surface area (Å²) in [7, 11) is 0. The lowest BCUT2D eigenvalue weighted by Gasteiger charge is -2.37. The number of aliphatic hydroxyl groups excluding tert-OH is 3. The monoisotopic (exact) mass is 245 g/mol. The van der Waals surface area contributed by atoms with Crippen molar-refractivity contribution < 1.29 is 15.3 Å². The highest BCUT2D eigenvalue weighted by molar-refractivity contribution is 8.14. The van der Waals surface area contributed by atoms with Crippen LogP contribution in [-0.2, 0) is 0 Å². The number of hydrogen-bond acceptors (Lipinski definition) is 5. The lowest BCUT2D eigenvalue weighted by molar-refractivity contribution is -0.0646. The Kier molecular flexibility index (Phi) is 3.89. The van der Waals surface area contributed by atoms with Gasteiger partial charge in [0.15, 0.2) is 0 Å². The normalized spacial score (nSPS) is 43.0. The van der Waals surface area contributed by atoms with Gasteiger partial charge in [-0.25, -0.2) is 0 Å². The summed E-state index contributed by atoms with van der Waals surface area (Å²) in [6.45, 7) is 2.04. The maximum Gasteiger partial charge on any atom is 0.104 e. The van der Waals surface area contributed by atoms with Crippen molar-refractivity contribution in [2.45, 2.75) is 49.7 Å². The zero-order valence-corrected chi connectivity index (χ0v) is 10.2. The number of nitrogens with zero attached hydrogens (tertiary/aromatic N) is 1. The van der Waals surface area contributed by atoms with Gasteiger partial charge in [-0.3, -0.25) is 4.99 Å². The predicted octanol–water partition coefficient (Wildman–Crippen LogP) is 0.403. The van der Waals surface area contributed by atoms with Gasteiger partial charge in [-0.2, -0.15) is 0 Å². The van der Waals surface area contributed by atoms with Crippen molar-refractivity contribution in [1.82, 2.24) is 0 Å². The summed E-state index contributed by atoms with van der Waals surface area (Å²) in [6.07, 6.45) is 1.08. The summed E-state index contributed by atoms with van der Waals surface area (Å²) in [4.78, 5) is 4.49. The molecule has 16 heavy (non-hydrogen) atoms. The molecule has 1 fully saturated rings. The first kappa shape index (κ1) is 12.4. The van der Waals surface area contributed by atoms with Crippen LogP contribution in [0.15, 0.2) is 4.99 Å². The van der Waals surface area contributed by atoms with E-state index in [4.69, 9.17) is 5.11 Å². The number of hydrogen-bond donors (Lipinski definition) is 3. The Balaban J connectivity index is 2.08. The van der Waals surface area contributed by atoms with Crippen LogP contribution in [0.3, 0.4) is 0 Å². The van der Waals surface area contributed by atoms with Crippen LogP contribution >= 0.6 is 11.8 Å². The van der Waals surface area contributed by atoms with E-state index in [9.17, 15) is 10.2 Å². The fraction of sp³-hybridized carbons (Fsp3) is 0.909. The molecule has 0 saturated heterocycles. The second kappa shape index (κ2) is 5.04. The van der Waals surface area contributed by atoms with Crippen LogP contribution in [0.5, 0.6) is 0 Å². The molecule has 0 amide bonds. The van der Waals surface area contributed by atoms with Crippen LogP contribution in [0.4, 0.5) is 0 Å². The SMILES string of the molecule is CCCC1=N[C@@H]2[C@@H](O)[C@H](O)[C@@H](CO)C[C@@H]2S1. The van der Waals surface area contributed by atoms with E-state index in [1.54, 1.807) is 11.8 Å². The molecule has 2 aliphatic rings. The molecule has 1 heterocycles. The number of aliphatic imine (C=N–C) groups is 1. The van der Waals surface area contributed by atoms with Crippen molar-refractivity contribution in [3.8, 4) is 0 Å². The Labute approximate surface area is 99.8 Å². The van der Waals surface area contributed by atoms with Gasteiger partial charge in [-0.1, -0.05) is 13.3 Å². The second-order valence-corrected chi connectivity index (χ2v) is 5.89. The van der Waals surface area contributed by atoms with Gasteiger partial charge in [0.2, 0.25) is 0 Å². The molecule has 2 rings (SSSR count). The Morgan fingerprint density at radius 2 is 2.12 bits per heavy atom. The molecule has 0 spiro atoms. The summed E-state index contributed by atoms with van der Waals surface area (Å²) >= 11 is 1.71. The van der Waals surface area contributed by atoms with Gasteiger partial charge < -0.3 is 15.3 Å². The molecule has 0 radical (unpaired) electrons. The zero-order chi connectivity index (χ0) is 11.7. The van der Waals surface area contributed by atoms with E-state index in [-0.39, 0.29) is 23.8 Å². The molecule has 1 aliphatic carbocycles. The summed E-state index contributed by atoms with van der Waals surface area (Å²) in [5.74, 6) is -0.208. The lowest BCUT2D eigenvalue weighted by Crippen LogP contribution is -2.51. The third kappa shape index (κ3) is 2.14. The van der Waals surface area contributed by atoms with Gasteiger partial charge in [0.1, 0.15) is 6.10 Å². The van der Waals surface area contributed by atoms with Gasteiger partial charge >= 0.3 is 0 Å². The van der Waals surface area contributed by atoms with Gasteiger partial charge in [-0.05, 0) is 12.8 Å². The smallest absolute Gasteiger partial charge is 0.104 e. The largest absolute Gasteiger partial charge is 0.396 e. The number of rotatable bonds is 3. The number of aliphatic hydroxyl groups is 3. The fourth-order valence-electron chi connectivity index (χ4n) is 2.45. The van der Waals surface area contributed by atoms with Crippen molar-refractivity contribution in [3.05, 3.63) is 0 Å². The Bertz CT molecular complexity index is 284. The summed E-state index contributed by atoms with van der Waals surface area (Å²) < 4.78 is 0. The van der Waals surface area contributed by atoms with Crippen LogP contribution in [-0.4, -0.2) is 50.5 Å². The summed E-state index contributed by atoms with van der Waals surface area (Å²) in [5.41, 5.74) is 0. The van der Waals surface area contributed by atoms with E-state index in [1.165, 1.54) is 0 Å². The molecule has 5 atom stereocenters. The molecule has 1 saturated carbocycles. The maximum atomic E-state index is 9.95. The zero-order valence-electron chi connectivity index (χ0n) is 9.41. The molecule has 1 aliphatic heterocycles. The highest BCUT2D eigenvalue weighted by atomic mass is 32.2. The van der Waals surface area contributed by atoms with Crippen molar-refractivity contribution in [1.29, 1.82) is 0 Å². The Morgan fingerprint density at radius 1 is 1.38 bits per heavy atom. The van der Waals surface area contributed by atoms with E-state index in [0.717, 1.165) is 24.3 Å². The van der Waals surface area contributed by atoms with E-state index >= 15 is 0 Å². The lowest BCUT2D eigenvalue weighted by atomic mass is 9.81. The van der Waals surface area contributed by atoms with Crippen LogP contribution in [0, 0.1) is 5.92 Å². The van der Waals surface area contributed by atoms with Gasteiger partial charge in [0.05, 0.1) is 17.2 Å². The first-order valence-electron chi connectivity index (χ1n) is 5.87. The summed E-state index contributed by atoms with van der Waals surface area (Å²) in [6, 6.07) is -0.177. The van der Waals surface area contributed by atoms with Crippen molar-refractivity contribution in [3.63, 3.8) is 0 Å². The molecule has 5 heteroatoms. The molecule has 92 valence electrons. The molecule has 0 bridgehead atoms. The molecule has 0 aromatic rings. The first-order chi connectivity index (χ1) is 7.67. The minimum Gasteiger partial charge on any atom is -0.396 e. The molecular formula is C11H19NO3S. The molecule has 0 aromatic heterocycles. The van der Waals surface area contributed by atoms with E-state index in [2.05, 4.69) is 11.9 Å². The van der Waals surface area contributed by atoms with Crippen LogP contribution in [0.1, 0.15) is 26.2 Å². The predicted molar refractivity (Wildman–Crippen MR) is 64.7 cm³/mol. The van der Waals surface area contributed by atoms with E-state index in [0.29, 0.717) is 0 Å². The third-order valence-electron chi connectivity index (χ3n) is 3.38. The van der Waals surface area contributed by atoms with E-state index < -0.39 is 12.2 Å². The van der Waals surface area contributed by atoms with Crippen molar-refractivity contribution in [2.24, 2.45) is 10.9 Å². The van der Waals surface area contributed by atoms with Crippen molar-refractivity contribution >= 4 is 16.8 Å². The average molecular weight is 245 g/mol. The van der Waals surface area contributed by atoms with Gasteiger partial charge in [-0.15, -0.1) is 11.8 Å². The number of fused-ring (bicyclic) bond motifs is 1. The average Bonchev–Trinajstić information content (AvgIpc) is 2.67. The number of thioether (sulfide) groups is 1. The highest BCUT2D eigenvalue weighted by Crippen LogP contribution is 2.40. The topological polar surface area (TPSA) is 73.1 Å². The molecule has 3 N–H and O–H groups in total. The van der Waals surface area contributed by atoms with Crippen molar-refractivity contribution in [2.75, 3.05) is 6.61 Å². The van der Waals surface area contributed by atoms with Crippen LogP contribution < -0.4 is 0 Å². The third-order valence-corrected chi connectivity index (χ3v) is 4.73. The minimum absolute atomic E-state index is 0.0644. The highest BCUT2D eigenvalue weighted by Gasteiger charge is 2.46. The van der Waals surface area contributed by atoms with E-state index in [1.807, 2.05) is 0 Å². The maximum absolute atomic E-state index is 9.95. The van der Waals surface area contributed by atoms with Crippen LogP contribution in [0.2, 0.25) is 0 Å². The van der Waals surface area contributed by atoms with Crippen LogP contribution in [0.25, 0.3) is 0 Å². The Morgan fingerprint density at radius 3 is 2.75 bits per heavy atom. The summed E-state index contributed by atoms with van der Waals surface area (Å²) in [5, 5.41) is 30.2. The first-order valence-corrected chi connectivity index (χ1v) is 6.75. The minimum atomic E-state index is -0.837. The fourth-order valence-corrected chi connectivity index (χ4v) is 4.01. The van der Waals surface area contributed by atoms with Gasteiger partial charge in [0, 0.05) is 17.8 Å².